The molecule has 4 rings (SSSR count). The zero-order chi connectivity index (χ0) is 13.5. The van der Waals surface area contributed by atoms with Crippen molar-refractivity contribution in [1.29, 1.82) is 0 Å². The predicted molar refractivity (Wildman–Crippen MR) is 79.5 cm³/mol. The Morgan fingerprint density at radius 1 is 0.850 bits per heavy atom. The van der Waals surface area contributed by atoms with Crippen molar-refractivity contribution < 1.29 is 4.42 Å². The van der Waals surface area contributed by atoms with E-state index in [1.165, 1.54) is 0 Å². The highest BCUT2D eigenvalue weighted by Gasteiger charge is 2.09. The molecule has 0 amide bonds. The first-order chi connectivity index (χ1) is 9.81. The first-order valence-electron chi connectivity index (χ1n) is 6.52. The van der Waals surface area contributed by atoms with Gasteiger partial charge in [-0.2, -0.15) is 0 Å². The molecule has 0 radical (unpaired) electrons. The van der Waals surface area contributed by atoms with E-state index in [4.69, 9.17) is 4.42 Å². The van der Waals surface area contributed by atoms with E-state index in [1.807, 2.05) is 61.7 Å². The molecule has 3 heterocycles. The van der Waals surface area contributed by atoms with Gasteiger partial charge >= 0.3 is 0 Å². The Labute approximate surface area is 115 Å². The summed E-state index contributed by atoms with van der Waals surface area (Å²) in [5, 5.41) is 2.13. The molecule has 3 heteroatoms. The maximum Gasteiger partial charge on any atom is 0.139 e. The van der Waals surface area contributed by atoms with Crippen LogP contribution in [0.25, 0.3) is 33.3 Å². The van der Waals surface area contributed by atoms with Crippen LogP contribution in [-0.4, -0.2) is 9.97 Å². The summed E-state index contributed by atoms with van der Waals surface area (Å²) in [6.45, 7) is 1.98. The third kappa shape index (κ3) is 1.67. The van der Waals surface area contributed by atoms with Crippen LogP contribution in [0.1, 0.15) is 5.69 Å². The van der Waals surface area contributed by atoms with E-state index in [0.29, 0.717) is 0 Å². The van der Waals surface area contributed by atoms with E-state index in [9.17, 15) is 0 Å². The van der Waals surface area contributed by atoms with Crippen molar-refractivity contribution in [3.63, 3.8) is 0 Å². The smallest absolute Gasteiger partial charge is 0.139 e. The number of pyridine rings is 2. The summed E-state index contributed by atoms with van der Waals surface area (Å²) >= 11 is 0. The molecular weight excluding hydrogens is 248 g/mol. The van der Waals surface area contributed by atoms with Gasteiger partial charge in [0, 0.05) is 28.7 Å². The van der Waals surface area contributed by atoms with Gasteiger partial charge in [0.15, 0.2) is 0 Å². The second-order valence-electron chi connectivity index (χ2n) is 4.83. The molecule has 0 atom stereocenters. The molecule has 3 nitrogen and oxygen atoms in total. The number of hydrogen-bond acceptors (Lipinski definition) is 3. The molecule has 0 saturated heterocycles. The van der Waals surface area contributed by atoms with Gasteiger partial charge in [0.05, 0.1) is 11.4 Å². The minimum atomic E-state index is 0.834. The number of nitrogens with zero attached hydrogens (tertiary/aromatic N) is 2. The lowest BCUT2D eigenvalue weighted by Gasteiger charge is -2.00. The Bertz CT molecular complexity index is 924. The highest BCUT2D eigenvalue weighted by molar-refractivity contribution is 6.04. The van der Waals surface area contributed by atoms with Gasteiger partial charge in [-0.05, 0) is 25.1 Å². The van der Waals surface area contributed by atoms with Gasteiger partial charge in [-0.3, -0.25) is 9.97 Å². The number of aromatic nitrogens is 2. The van der Waals surface area contributed by atoms with E-state index >= 15 is 0 Å². The summed E-state index contributed by atoms with van der Waals surface area (Å²) in [6.07, 6.45) is 1.86. The summed E-state index contributed by atoms with van der Waals surface area (Å²) in [6, 6.07) is 15.9. The van der Waals surface area contributed by atoms with E-state index in [2.05, 4.69) is 9.97 Å². The van der Waals surface area contributed by atoms with Crippen LogP contribution in [0.4, 0.5) is 0 Å². The molecule has 0 aliphatic carbocycles. The first-order valence-corrected chi connectivity index (χ1v) is 6.52. The van der Waals surface area contributed by atoms with Crippen molar-refractivity contribution in [1.82, 2.24) is 9.97 Å². The lowest BCUT2D eigenvalue weighted by Crippen LogP contribution is -1.88. The van der Waals surface area contributed by atoms with Gasteiger partial charge in [-0.25, -0.2) is 0 Å². The fraction of sp³-hybridized carbons (Fsp3) is 0.0588. The van der Waals surface area contributed by atoms with Crippen LogP contribution in [0.3, 0.4) is 0 Å². The SMILES string of the molecule is Cc1cccc(-c2cc3oc4ccccc4c3cn2)n1. The Kier molecular flexibility index (Phi) is 2.33. The molecule has 0 bridgehead atoms. The van der Waals surface area contributed by atoms with E-state index in [-0.39, 0.29) is 0 Å². The van der Waals surface area contributed by atoms with Crippen molar-refractivity contribution in [3.05, 3.63) is 60.4 Å². The fourth-order valence-corrected chi connectivity index (χ4v) is 2.45. The van der Waals surface area contributed by atoms with Crippen LogP contribution in [0.2, 0.25) is 0 Å². The molecule has 0 aliphatic rings. The maximum atomic E-state index is 5.88. The molecule has 0 fully saturated rings. The zero-order valence-electron chi connectivity index (χ0n) is 11.0. The van der Waals surface area contributed by atoms with Gasteiger partial charge in [0.2, 0.25) is 0 Å². The minimum Gasteiger partial charge on any atom is -0.456 e. The molecule has 96 valence electrons. The average Bonchev–Trinajstić information content (AvgIpc) is 2.85. The van der Waals surface area contributed by atoms with Gasteiger partial charge in [0.25, 0.3) is 0 Å². The minimum absolute atomic E-state index is 0.834. The molecule has 0 N–H and O–H groups in total. The predicted octanol–water partition coefficient (Wildman–Crippen LogP) is 4.35. The number of hydrogen-bond donors (Lipinski definition) is 0. The quantitative estimate of drug-likeness (QED) is 0.510. The van der Waals surface area contributed by atoms with Crippen molar-refractivity contribution in [2.75, 3.05) is 0 Å². The zero-order valence-corrected chi connectivity index (χ0v) is 11.0. The van der Waals surface area contributed by atoms with E-state index in [1.54, 1.807) is 0 Å². The van der Waals surface area contributed by atoms with Crippen LogP contribution in [0, 0.1) is 6.92 Å². The van der Waals surface area contributed by atoms with Crippen LogP contribution in [-0.2, 0) is 0 Å². The standard InChI is InChI=1S/C17H12N2O/c1-11-5-4-7-14(19-11)15-9-17-13(10-18-15)12-6-2-3-8-16(12)20-17/h2-10H,1H3. The van der Waals surface area contributed by atoms with Crippen LogP contribution in [0.5, 0.6) is 0 Å². The van der Waals surface area contributed by atoms with Crippen molar-refractivity contribution in [3.8, 4) is 11.4 Å². The number of rotatable bonds is 1. The van der Waals surface area contributed by atoms with Gasteiger partial charge in [0.1, 0.15) is 11.2 Å². The summed E-state index contributed by atoms with van der Waals surface area (Å²) in [5.74, 6) is 0. The highest BCUT2D eigenvalue weighted by atomic mass is 16.3. The van der Waals surface area contributed by atoms with Gasteiger partial charge in [-0.15, -0.1) is 0 Å². The van der Waals surface area contributed by atoms with Crippen molar-refractivity contribution in [2.45, 2.75) is 6.92 Å². The molecule has 20 heavy (non-hydrogen) atoms. The number of benzene rings is 1. The Morgan fingerprint density at radius 2 is 1.75 bits per heavy atom. The maximum absolute atomic E-state index is 5.88. The molecule has 4 aromatic rings. The molecule has 0 aliphatic heterocycles. The molecule has 3 aromatic heterocycles. The monoisotopic (exact) mass is 260 g/mol. The third-order valence-electron chi connectivity index (χ3n) is 3.41. The molecule has 0 saturated carbocycles. The normalized spacial score (nSPS) is 11.2. The van der Waals surface area contributed by atoms with Crippen LogP contribution in [0.15, 0.2) is 59.1 Å². The fourth-order valence-electron chi connectivity index (χ4n) is 2.45. The van der Waals surface area contributed by atoms with Crippen LogP contribution >= 0.6 is 0 Å². The first kappa shape index (κ1) is 11.2. The summed E-state index contributed by atoms with van der Waals surface area (Å²) < 4.78 is 5.88. The van der Waals surface area contributed by atoms with Crippen LogP contribution < -0.4 is 0 Å². The Hall–Kier alpha value is -2.68. The second kappa shape index (κ2) is 4.17. The second-order valence-corrected chi connectivity index (χ2v) is 4.83. The molecule has 1 aromatic carbocycles. The van der Waals surface area contributed by atoms with Crippen molar-refractivity contribution >= 4 is 21.9 Å². The average molecular weight is 260 g/mol. The summed E-state index contributed by atoms with van der Waals surface area (Å²) in [7, 11) is 0. The Balaban J connectivity index is 1.97. The molecule has 0 spiro atoms. The van der Waals surface area contributed by atoms with E-state index in [0.717, 1.165) is 39.0 Å². The Morgan fingerprint density at radius 3 is 2.65 bits per heavy atom. The largest absolute Gasteiger partial charge is 0.456 e. The summed E-state index contributed by atoms with van der Waals surface area (Å²) in [5.41, 5.74) is 4.42. The van der Waals surface area contributed by atoms with Gasteiger partial charge < -0.3 is 4.42 Å². The van der Waals surface area contributed by atoms with Crippen molar-refractivity contribution in [2.24, 2.45) is 0 Å². The number of furan rings is 1. The number of aryl methyl sites for hydroxylation is 1. The number of para-hydroxylation sites is 1. The van der Waals surface area contributed by atoms with Gasteiger partial charge in [-0.1, -0.05) is 24.3 Å². The van der Waals surface area contributed by atoms with E-state index < -0.39 is 0 Å². The molecule has 0 unspecified atom stereocenters. The topological polar surface area (TPSA) is 38.9 Å². The number of fused-ring (bicyclic) bond motifs is 3. The third-order valence-corrected chi connectivity index (χ3v) is 3.41. The lowest BCUT2D eigenvalue weighted by atomic mass is 10.1. The summed E-state index contributed by atoms with van der Waals surface area (Å²) in [4.78, 5) is 9.02. The lowest BCUT2D eigenvalue weighted by molar-refractivity contribution is 0.668. The molecular formula is C17H12N2O. The highest BCUT2D eigenvalue weighted by Crippen LogP contribution is 2.29.